The number of ether oxygens (including phenoxy) is 1. The lowest BCUT2D eigenvalue weighted by Gasteiger charge is -2.22. The van der Waals surface area contributed by atoms with Crippen LogP contribution in [-0.4, -0.2) is 44.5 Å². The van der Waals surface area contributed by atoms with Crippen LogP contribution in [0.15, 0.2) is 66.7 Å². The van der Waals surface area contributed by atoms with Gasteiger partial charge in [0.2, 0.25) is 11.0 Å². The summed E-state index contributed by atoms with van der Waals surface area (Å²) >= 11 is 1.61. The number of hydrogen-bond acceptors (Lipinski definition) is 9. The van der Waals surface area contributed by atoms with E-state index in [1.807, 2.05) is 64.1 Å². The van der Waals surface area contributed by atoms with E-state index in [0.29, 0.717) is 11.7 Å². The third kappa shape index (κ3) is 11.6. The molecule has 0 saturated carbocycles. The molecule has 0 bridgehead atoms. The number of carbonyl (C=O) groups excluding carboxylic acids is 2. The molecule has 2 heterocycles. The Balaban J connectivity index is 1.15. The number of aromatic nitrogens is 4. The molecule has 11 heteroatoms. The second-order valence-electron chi connectivity index (χ2n) is 12.1. The quantitative estimate of drug-likeness (QED) is 0.129. The summed E-state index contributed by atoms with van der Waals surface area (Å²) in [5.74, 6) is 0.611. The van der Waals surface area contributed by atoms with Crippen molar-refractivity contribution in [1.29, 1.82) is 0 Å². The molecule has 238 valence electrons. The van der Waals surface area contributed by atoms with Crippen LogP contribution in [0.3, 0.4) is 0 Å². The molecular formula is C34H43N7O3S. The molecule has 0 aliphatic carbocycles. The average molecular weight is 630 g/mol. The highest BCUT2D eigenvalue weighted by Crippen LogP contribution is 2.21. The van der Waals surface area contributed by atoms with Gasteiger partial charge in [0, 0.05) is 13.0 Å². The Morgan fingerprint density at radius 1 is 0.867 bits per heavy atom. The lowest BCUT2D eigenvalue weighted by atomic mass is 10.0. The first-order valence-corrected chi connectivity index (χ1v) is 16.2. The topological polar surface area (TPSA) is 131 Å². The Hall–Kier alpha value is -4.38. The van der Waals surface area contributed by atoms with Gasteiger partial charge in [-0.25, -0.2) is 4.79 Å². The summed E-state index contributed by atoms with van der Waals surface area (Å²) in [6.45, 7) is 10.3. The molecule has 0 radical (unpaired) electrons. The highest BCUT2D eigenvalue weighted by molar-refractivity contribution is 7.15. The van der Waals surface area contributed by atoms with Crippen molar-refractivity contribution in [2.75, 3.05) is 17.2 Å². The van der Waals surface area contributed by atoms with Crippen LogP contribution in [0.25, 0.3) is 0 Å². The maximum atomic E-state index is 12.7. The summed E-state index contributed by atoms with van der Waals surface area (Å²) in [7, 11) is 0. The number of hydrogen-bond donors (Lipinski definition) is 3. The molecule has 4 rings (SSSR count). The maximum Gasteiger partial charge on any atom is 0.408 e. The van der Waals surface area contributed by atoms with Crippen LogP contribution in [0.2, 0.25) is 0 Å². The highest BCUT2D eigenvalue weighted by Gasteiger charge is 2.18. The van der Waals surface area contributed by atoms with E-state index in [0.717, 1.165) is 59.2 Å². The number of anilines is 2. The number of alkyl carbamates (subject to hydrolysis) is 1. The van der Waals surface area contributed by atoms with Gasteiger partial charge in [-0.15, -0.1) is 15.3 Å². The van der Waals surface area contributed by atoms with E-state index in [4.69, 9.17) is 4.74 Å². The van der Waals surface area contributed by atoms with Crippen molar-refractivity contribution in [1.82, 2.24) is 25.7 Å². The Bertz CT molecular complexity index is 1520. The monoisotopic (exact) mass is 629 g/mol. The van der Waals surface area contributed by atoms with E-state index in [1.165, 1.54) is 5.56 Å². The smallest absolute Gasteiger partial charge is 0.408 e. The number of carbonyl (C=O) groups is 2. The standard InChI is InChI=1S/C34H43N7O3S/c1-23(26-13-7-6-8-14-26)22-35-32-41-40-31(45-32)17-10-9-16-28-18-19-29(39-38-28)37-30(42)21-25-12-11-15-27(20-25)24(2)36-33(43)44-34(3,4)5/h6-8,11-15,18-20,23-24H,9-10,16-17,21-22H2,1-5H3,(H,35,41)(H,36,43)(H,37,39,42). The molecule has 0 saturated heterocycles. The van der Waals surface area contributed by atoms with Crippen molar-refractivity contribution >= 4 is 34.3 Å². The molecule has 2 atom stereocenters. The fraction of sp³-hybridized carbons (Fsp3) is 0.412. The van der Waals surface area contributed by atoms with E-state index in [9.17, 15) is 9.59 Å². The van der Waals surface area contributed by atoms with Crippen LogP contribution in [0.4, 0.5) is 15.7 Å². The predicted octanol–water partition coefficient (Wildman–Crippen LogP) is 6.88. The highest BCUT2D eigenvalue weighted by atomic mass is 32.1. The average Bonchev–Trinajstić information content (AvgIpc) is 3.46. The van der Waals surface area contributed by atoms with E-state index >= 15 is 0 Å². The number of nitrogens with one attached hydrogen (secondary N) is 3. The SMILES string of the molecule is CC(CNc1nnc(CCCCc2ccc(NC(=O)Cc3cccc(C(C)NC(=O)OC(C)(C)C)c3)nn2)s1)c1ccccc1. The first-order chi connectivity index (χ1) is 21.5. The molecule has 2 aromatic carbocycles. The fourth-order valence-electron chi connectivity index (χ4n) is 4.62. The molecule has 2 unspecified atom stereocenters. The van der Waals surface area contributed by atoms with Crippen molar-refractivity contribution in [3.8, 4) is 0 Å². The van der Waals surface area contributed by atoms with E-state index in [-0.39, 0.29) is 18.4 Å². The van der Waals surface area contributed by atoms with Gasteiger partial charge >= 0.3 is 6.09 Å². The van der Waals surface area contributed by atoms with Crippen LogP contribution in [0.5, 0.6) is 0 Å². The zero-order chi connectivity index (χ0) is 32.2. The fourth-order valence-corrected chi connectivity index (χ4v) is 5.41. The third-order valence-corrected chi connectivity index (χ3v) is 7.95. The van der Waals surface area contributed by atoms with Crippen LogP contribution >= 0.6 is 11.3 Å². The molecule has 10 nitrogen and oxygen atoms in total. The number of aryl methyl sites for hydroxylation is 2. The Labute approximate surface area is 269 Å². The van der Waals surface area contributed by atoms with Gasteiger partial charge in [0.05, 0.1) is 18.2 Å². The first kappa shape index (κ1) is 33.5. The third-order valence-electron chi connectivity index (χ3n) is 7.00. The molecule has 0 aliphatic heterocycles. The number of benzene rings is 2. The second-order valence-corrected chi connectivity index (χ2v) is 13.2. The molecule has 2 aromatic heterocycles. The maximum absolute atomic E-state index is 12.7. The molecule has 45 heavy (non-hydrogen) atoms. The van der Waals surface area contributed by atoms with Crippen molar-refractivity contribution < 1.29 is 14.3 Å². The minimum atomic E-state index is -0.574. The van der Waals surface area contributed by atoms with Crippen LogP contribution in [0, 0.1) is 0 Å². The van der Waals surface area contributed by atoms with Crippen molar-refractivity contribution in [3.63, 3.8) is 0 Å². The summed E-state index contributed by atoms with van der Waals surface area (Å²) in [6, 6.07) is 21.4. The summed E-state index contributed by atoms with van der Waals surface area (Å²) in [6.07, 6.45) is 3.27. The Morgan fingerprint density at radius 3 is 2.36 bits per heavy atom. The van der Waals surface area contributed by atoms with E-state index < -0.39 is 11.7 Å². The van der Waals surface area contributed by atoms with Gasteiger partial charge in [0.25, 0.3) is 0 Å². The summed E-state index contributed by atoms with van der Waals surface area (Å²) in [4.78, 5) is 24.8. The number of nitrogens with zero attached hydrogens (tertiary/aromatic N) is 4. The van der Waals surface area contributed by atoms with Crippen LogP contribution < -0.4 is 16.0 Å². The van der Waals surface area contributed by atoms with Gasteiger partial charge in [-0.3, -0.25) is 4.79 Å². The summed E-state index contributed by atoms with van der Waals surface area (Å²) < 4.78 is 5.34. The van der Waals surface area contributed by atoms with Gasteiger partial charge in [0.1, 0.15) is 10.6 Å². The molecule has 0 fully saturated rings. The Morgan fingerprint density at radius 2 is 1.62 bits per heavy atom. The number of unbranched alkanes of at least 4 members (excludes halogenated alkanes) is 1. The minimum Gasteiger partial charge on any atom is -0.444 e. The van der Waals surface area contributed by atoms with Gasteiger partial charge in [-0.05, 0) is 81.7 Å². The van der Waals surface area contributed by atoms with Gasteiger partial charge < -0.3 is 20.7 Å². The zero-order valence-electron chi connectivity index (χ0n) is 26.7. The van der Waals surface area contributed by atoms with E-state index in [1.54, 1.807) is 17.4 Å². The summed E-state index contributed by atoms with van der Waals surface area (Å²) in [5.41, 5.74) is 3.31. The van der Waals surface area contributed by atoms with Gasteiger partial charge in [-0.1, -0.05) is 72.9 Å². The molecule has 2 amide bonds. The van der Waals surface area contributed by atoms with Gasteiger partial charge in [-0.2, -0.15) is 5.10 Å². The lowest BCUT2D eigenvalue weighted by Crippen LogP contribution is -2.34. The minimum absolute atomic E-state index is 0.172. The van der Waals surface area contributed by atoms with Crippen molar-refractivity contribution in [2.45, 2.75) is 84.3 Å². The zero-order valence-corrected chi connectivity index (χ0v) is 27.5. The molecular weight excluding hydrogens is 586 g/mol. The predicted molar refractivity (Wildman–Crippen MR) is 178 cm³/mol. The number of amides is 2. The van der Waals surface area contributed by atoms with Crippen molar-refractivity contribution in [3.05, 3.63) is 94.1 Å². The first-order valence-electron chi connectivity index (χ1n) is 15.4. The summed E-state index contributed by atoms with van der Waals surface area (Å²) in [5, 5.41) is 28.0. The van der Waals surface area contributed by atoms with E-state index in [2.05, 4.69) is 67.5 Å². The molecule has 0 aliphatic rings. The lowest BCUT2D eigenvalue weighted by molar-refractivity contribution is -0.115. The van der Waals surface area contributed by atoms with Crippen LogP contribution in [-0.2, 0) is 28.8 Å². The van der Waals surface area contributed by atoms with Crippen LogP contribution in [0.1, 0.15) is 86.8 Å². The Kier molecular flexibility index (Phi) is 12.0. The van der Waals surface area contributed by atoms with Crippen molar-refractivity contribution in [2.24, 2.45) is 0 Å². The normalized spacial score (nSPS) is 12.6. The van der Waals surface area contributed by atoms with Gasteiger partial charge in [0.15, 0.2) is 5.82 Å². The second kappa shape index (κ2) is 16.1. The molecule has 4 aromatic rings. The largest absolute Gasteiger partial charge is 0.444 e. The number of rotatable bonds is 14. The molecule has 3 N–H and O–H groups in total. The molecule has 0 spiro atoms.